The molecule has 2 heterocycles. The minimum absolute atomic E-state index is 0.199. The van der Waals surface area contributed by atoms with E-state index in [2.05, 4.69) is 15.6 Å². The fraction of sp³-hybridized carbons (Fsp3) is 0.318. The van der Waals surface area contributed by atoms with Gasteiger partial charge in [0.1, 0.15) is 0 Å². The summed E-state index contributed by atoms with van der Waals surface area (Å²) in [5.74, 6) is -0.438. The molecule has 0 atom stereocenters. The molecule has 0 aliphatic carbocycles. The average molecular weight is 393 g/mol. The molecule has 3 rings (SSSR count). The number of benzene rings is 1. The van der Waals surface area contributed by atoms with Crippen molar-refractivity contribution in [3.8, 4) is 0 Å². The number of aromatic nitrogens is 2. The number of para-hydroxylation sites is 1. The third-order valence-electron chi connectivity index (χ3n) is 4.79. The van der Waals surface area contributed by atoms with E-state index in [1.54, 1.807) is 16.7 Å². The summed E-state index contributed by atoms with van der Waals surface area (Å²) in [4.78, 5) is 32.1. The molecule has 0 aliphatic heterocycles. The van der Waals surface area contributed by atoms with E-state index in [1.807, 2.05) is 63.2 Å². The first-order valence-corrected chi connectivity index (χ1v) is 9.72. The maximum atomic E-state index is 13.1. The molecule has 7 heteroatoms. The molecule has 0 fully saturated rings. The molecule has 2 aromatic heterocycles. The Labute approximate surface area is 170 Å². The standard InChI is InChI=1S/C22H27N5O2/c1-5-16-10-8-9-15(2)18(16)25-21(28)19-17-11-6-7-13-27(17)20(24-19)22(29)23-12-14-26(3)4/h6-11,13H,5,12,14H2,1-4H3,(H,23,29)(H,25,28). The van der Waals surface area contributed by atoms with Crippen LogP contribution in [0.1, 0.15) is 39.2 Å². The van der Waals surface area contributed by atoms with Crippen molar-refractivity contribution in [2.45, 2.75) is 20.3 Å². The Morgan fingerprint density at radius 2 is 1.90 bits per heavy atom. The Hall–Kier alpha value is -3.19. The Kier molecular flexibility index (Phi) is 6.29. The van der Waals surface area contributed by atoms with Gasteiger partial charge in [-0.3, -0.25) is 14.0 Å². The van der Waals surface area contributed by atoms with Crippen LogP contribution in [0.2, 0.25) is 0 Å². The number of anilines is 1. The Morgan fingerprint density at radius 1 is 1.10 bits per heavy atom. The summed E-state index contributed by atoms with van der Waals surface area (Å²) in [6.45, 7) is 5.23. The lowest BCUT2D eigenvalue weighted by Gasteiger charge is -2.12. The van der Waals surface area contributed by atoms with Gasteiger partial charge in [-0.1, -0.05) is 31.2 Å². The van der Waals surface area contributed by atoms with E-state index in [0.29, 0.717) is 12.1 Å². The highest BCUT2D eigenvalue weighted by atomic mass is 16.2. The predicted octanol–water partition coefficient (Wildman–Crippen LogP) is 2.75. The lowest BCUT2D eigenvalue weighted by atomic mass is 10.1. The molecule has 0 saturated carbocycles. The molecule has 0 radical (unpaired) electrons. The van der Waals surface area contributed by atoms with Gasteiger partial charge in [0.25, 0.3) is 11.8 Å². The minimum Gasteiger partial charge on any atom is -0.348 e. The van der Waals surface area contributed by atoms with Gasteiger partial charge in [-0.2, -0.15) is 0 Å². The van der Waals surface area contributed by atoms with Crippen LogP contribution in [0.3, 0.4) is 0 Å². The van der Waals surface area contributed by atoms with E-state index >= 15 is 0 Å². The van der Waals surface area contributed by atoms with Crippen LogP contribution < -0.4 is 10.6 Å². The molecular weight excluding hydrogens is 366 g/mol. The number of hydrogen-bond donors (Lipinski definition) is 2. The molecule has 7 nitrogen and oxygen atoms in total. The van der Waals surface area contributed by atoms with E-state index in [4.69, 9.17) is 0 Å². The Morgan fingerprint density at radius 3 is 2.62 bits per heavy atom. The second-order valence-electron chi connectivity index (χ2n) is 7.22. The average Bonchev–Trinajstić information content (AvgIpc) is 3.09. The lowest BCUT2D eigenvalue weighted by Crippen LogP contribution is -2.32. The quantitative estimate of drug-likeness (QED) is 0.647. The fourth-order valence-electron chi connectivity index (χ4n) is 3.21. The van der Waals surface area contributed by atoms with E-state index in [0.717, 1.165) is 29.8 Å². The molecule has 1 aromatic carbocycles. The normalized spacial score (nSPS) is 11.1. The SMILES string of the molecule is CCc1cccc(C)c1NC(=O)c1nc(C(=O)NCCN(C)C)n2ccccc12. The summed E-state index contributed by atoms with van der Waals surface area (Å²) in [6, 6.07) is 11.4. The summed E-state index contributed by atoms with van der Waals surface area (Å²) >= 11 is 0. The van der Waals surface area contributed by atoms with Gasteiger partial charge in [-0.15, -0.1) is 0 Å². The van der Waals surface area contributed by atoms with Crippen LogP contribution in [0.4, 0.5) is 5.69 Å². The van der Waals surface area contributed by atoms with Crippen molar-refractivity contribution in [1.29, 1.82) is 0 Å². The number of carbonyl (C=O) groups excluding carboxylic acids is 2. The number of hydrogen-bond acceptors (Lipinski definition) is 4. The van der Waals surface area contributed by atoms with E-state index in [-0.39, 0.29) is 23.3 Å². The molecule has 2 N–H and O–H groups in total. The van der Waals surface area contributed by atoms with Crippen LogP contribution in [-0.2, 0) is 6.42 Å². The molecule has 0 spiro atoms. The van der Waals surface area contributed by atoms with E-state index in [9.17, 15) is 9.59 Å². The largest absolute Gasteiger partial charge is 0.348 e. The lowest BCUT2D eigenvalue weighted by molar-refractivity contribution is 0.0940. The van der Waals surface area contributed by atoms with Crippen molar-refractivity contribution in [3.63, 3.8) is 0 Å². The summed E-state index contributed by atoms with van der Waals surface area (Å²) in [5, 5.41) is 5.85. The number of amides is 2. The first kappa shape index (κ1) is 20.5. The molecular formula is C22H27N5O2. The number of fused-ring (bicyclic) bond motifs is 1. The predicted molar refractivity (Wildman–Crippen MR) is 115 cm³/mol. The number of nitrogens with zero attached hydrogens (tertiary/aromatic N) is 3. The maximum Gasteiger partial charge on any atom is 0.287 e. The third kappa shape index (κ3) is 4.46. The number of pyridine rings is 1. The maximum absolute atomic E-state index is 13.1. The first-order chi connectivity index (χ1) is 13.9. The van der Waals surface area contributed by atoms with E-state index < -0.39 is 0 Å². The summed E-state index contributed by atoms with van der Waals surface area (Å²) in [5.41, 5.74) is 3.67. The highest BCUT2D eigenvalue weighted by Crippen LogP contribution is 2.23. The molecule has 0 unspecified atom stereocenters. The smallest absolute Gasteiger partial charge is 0.287 e. The topological polar surface area (TPSA) is 78.7 Å². The molecule has 0 aliphatic rings. The van der Waals surface area contributed by atoms with Crippen LogP contribution >= 0.6 is 0 Å². The number of nitrogens with one attached hydrogen (secondary N) is 2. The van der Waals surface area contributed by atoms with Crippen molar-refractivity contribution in [1.82, 2.24) is 19.6 Å². The molecule has 152 valence electrons. The zero-order chi connectivity index (χ0) is 21.0. The van der Waals surface area contributed by atoms with Crippen LogP contribution in [0.5, 0.6) is 0 Å². The number of aryl methyl sites for hydroxylation is 2. The molecule has 2 amide bonds. The van der Waals surface area contributed by atoms with Gasteiger partial charge in [-0.05, 0) is 50.7 Å². The summed E-state index contributed by atoms with van der Waals surface area (Å²) in [7, 11) is 3.88. The Balaban J connectivity index is 1.92. The van der Waals surface area contributed by atoms with Crippen LogP contribution in [0.25, 0.3) is 5.52 Å². The third-order valence-corrected chi connectivity index (χ3v) is 4.79. The molecule has 0 saturated heterocycles. The van der Waals surface area contributed by atoms with Crippen LogP contribution in [-0.4, -0.2) is 53.3 Å². The number of carbonyl (C=O) groups is 2. The number of rotatable bonds is 7. The molecule has 29 heavy (non-hydrogen) atoms. The van der Waals surface area contributed by atoms with Crippen molar-refractivity contribution in [2.75, 3.05) is 32.5 Å². The number of imidazole rings is 1. The fourth-order valence-corrected chi connectivity index (χ4v) is 3.21. The monoisotopic (exact) mass is 393 g/mol. The molecule has 3 aromatic rings. The zero-order valence-corrected chi connectivity index (χ0v) is 17.3. The second-order valence-corrected chi connectivity index (χ2v) is 7.22. The summed E-state index contributed by atoms with van der Waals surface area (Å²) < 4.78 is 1.65. The van der Waals surface area contributed by atoms with Gasteiger partial charge in [0.05, 0.1) is 5.52 Å². The second kappa shape index (κ2) is 8.87. The van der Waals surface area contributed by atoms with Crippen LogP contribution in [0, 0.1) is 6.92 Å². The van der Waals surface area contributed by atoms with Gasteiger partial charge in [-0.25, -0.2) is 4.98 Å². The van der Waals surface area contributed by atoms with E-state index in [1.165, 1.54) is 0 Å². The van der Waals surface area contributed by atoms with Gasteiger partial charge < -0.3 is 15.5 Å². The van der Waals surface area contributed by atoms with Gasteiger partial charge in [0.2, 0.25) is 5.82 Å². The van der Waals surface area contributed by atoms with Gasteiger partial charge in [0.15, 0.2) is 5.69 Å². The zero-order valence-electron chi connectivity index (χ0n) is 17.3. The number of likely N-dealkylation sites (N-methyl/N-ethyl adjacent to an activating group) is 1. The van der Waals surface area contributed by atoms with Gasteiger partial charge >= 0.3 is 0 Å². The van der Waals surface area contributed by atoms with Crippen molar-refractivity contribution >= 4 is 23.0 Å². The van der Waals surface area contributed by atoms with Crippen molar-refractivity contribution < 1.29 is 9.59 Å². The Bertz CT molecular complexity index is 1040. The van der Waals surface area contributed by atoms with Crippen LogP contribution in [0.15, 0.2) is 42.6 Å². The molecule has 0 bridgehead atoms. The van der Waals surface area contributed by atoms with Crippen molar-refractivity contribution in [2.24, 2.45) is 0 Å². The highest BCUT2D eigenvalue weighted by molar-refractivity contribution is 6.09. The van der Waals surface area contributed by atoms with Gasteiger partial charge in [0, 0.05) is 25.0 Å². The first-order valence-electron chi connectivity index (χ1n) is 9.72. The summed E-state index contributed by atoms with van der Waals surface area (Å²) in [6.07, 6.45) is 2.55. The highest BCUT2D eigenvalue weighted by Gasteiger charge is 2.22. The van der Waals surface area contributed by atoms with Crippen molar-refractivity contribution in [3.05, 3.63) is 65.2 Å². The minimum atomic E-state index is -0.329.